The fraction of sp³-hybridized carbons (Fsp3) is 0.444. The van der Waals surface area contributed by atoms with Crippen LogP contribution in [0.2, 0.25) is 0 Å². The minimum Gasteiger partial charge on any atom is -0.356 e. The summed E-state index contributed by atoms with van der Waals surface area (Å²) in [6, 6.07) is 8.36. The van der Waals surface area contributed by atoms with Gasteiger partial charge in [-0.15, -0.1) is 35.3 Å². The van der Waals surface area contributed by atoms with Gasteiger partial charge in [0.15, 0.2) is 5.96 Å². The Kier molecular flexibility index (Phi) is 9.37. The lowest BCUT2D eigenvalue weighted by Crippen LogP contribution is -2.44. The minimum absolute atomic E-state index is 0. The summed E-state index contributed by atoms with van der Waals surface area (Å²) in [6.45, 7) is 8.16. The summed E-state index contributed by atoms with van der Waals surface area (Å²) in [7, 11) is 1.80. The zero-order chi connectivity index (χ0) is 17.6. The largest absolute Gasteiger partial charge is 0.356 e. The maximum Gasteiger partial charge on any atom is 0.191 e. The van der Waals surface area contributed by atoms with Crippen LogP contribution in [0, 0.1) is 6.92 Å². The molecule has 0 aliphatic rings. The number of aliphatic imine (C=N–C) groups is 1. The van der Waals surface area contributed by atoms with Crippen LogP contribution in [0.4, 0.5) is 0 Å². The molecule has 0 radical (unpaired) electrons. The van der Waals surface area contributed by atoms with Gasteiger partial charge in [0.1, 0.15) is 0 Å². The number of benzene rings is 1. The van der Waals surface area contributed by atoms with Crippen LogP contribution in [-0.2, 0) is 11.8 Å². The van der Waals surface area contributed by atoms with Crippen molar-refractivity contribution in [1.82, 2.24) is 15.6 Å². The van der Waals surface area contributed by atoms with E-state index in [9.17, 15) is 0 Å². The molecule has 2 rings (SSSR count). The second kappa shape index (κ2) is 10.5. The van der Waals surface area contributed by atoms with Gasteiger partial charge < -0.3 is 10.6 Å². The van der Waals surface area contributed by atoms with Gasteiger partial charge in [0, 0.05) is 47.5 Å². The third-order valence-electron chi connectivity index (χ3n) is 3.82. The van der Waals surface area contributed by atoms with Gasteiger partial charge in [0.05, 0.1) is 5.01 Å². The number of aromatic nitrogens is 1. The van der Waals surface area contributed by atoms with E-state index in [1.807, 2.05) is 12.3 Å². The molecule has 138 valence electrons. The highest BCUT2D eigenvalue weighted by molar-refractivity contribution is 14.0. The summed E-state index contributed by atoms with van der Waals surface area (Å²) in [5.74, 6) is 0.823. The summed E-state index contributed by atoms with van der Waals surface area (Å²) in [5.41, 5.74) is 1.27. The normalized spacial score (nSPS) is 11.8. The van der Waals surface area contributed by atoms with Crippen molar-refractivity contribution in [2.75, 3.05) is 20.1 Å². The molecule has 1 aromatic heterocycles. The lowest BCUT2D eigenvalue weighted by molar-refractivity contribution is 0.506. The third-order valence-corrected chi connectivity index (χ3v) is 5.49. The molecule has 0 fully saturated rings. The van der Waals surface area contributed by atoms with Crippen LogP contribution in [-0.4, -0.2) is 31.1 Å². The summed E-state index contributed by atoms with van der Waals surface area (Å²) in [5, 5.41) is 7.94. The van der Waals surface area contributed by atoms with E-state index >= 15 is 0 Å². The Bertz CT molecular complexity index is 700. The standard InChI is InChI=1S/C18H25BrN4S.HI/c1-13-11-22-16(24-13)9-10-21-17(20-4)23-12-18(2,3)14-7-5-6-8-15(14)19;/h5-8,11H,9-10,12H2,1-4H3,(H2,20,21,23);1H. The average molecular weight is 537 g/mol. The second-order valence-electron chi connectivity index (χ2n) is 6.33. The molecule has 0 atom stereocenters. The SMILES string of the molecule is CN=C(NCCc1ncc(C)s1)NCC(C)(C)c1ccccc1Br.I. The van der Waals surface area contributed by atoms with E-state index in [-0.39, 0.29) is 29.4 Å². The number of nitrogens with zero attached hydrogens (tertiary/aromatic N) is 2. The van der Waals surface area contributed by atoms with Gasteiger partial charge in [0.25, 0.3) is 0 Å². The van der Waals surface area contributed by atoms with Gasteiger partial charge in [-0.2, -0.15) is 0 Å². The fourth-order valence-corrected chi connectivity index (χ4v) is 4.04. The Morgan fingerprint density at radius 1 is 1.28 bits per heavy atom. The maximum absolute atomic E-state index is 4.39. The molecule has 1 heterocycles. The Morgan fingerprint density at radius 2 is 2.00 bits per heavy atom. The van der Waals surface area contributed by atoms with E-state index in [0.717, 1.165) is 35.0 Å². The number of guanidine groups is 1. The molecule has 25 heavy (non-hydrogen) atoms. The van der Waals surface area contributed by atoms with Crippen LogP contribution in [0.3, 0.4) is 0 Å². The van der Waals surface area contributed by atoms with E-state index in [4.69, 9.17) is 0 Å². The molecule has 7 heteroatoms. The first-order chi connectivity index (χ1) is 11.4. The molecule has 0 aliphatic heterocycles. The molecule has 0 saturated carbocycles. The number of nitrogens with one attached hydrogen (secondary N) is 2. The van der Waals surface area contributed by atoms with Crippen molar-refractivity contribution in [2.45, 2.75) is 32.6 Å². The van der Waals surface area contributed by atoms with Crippen molar-refractivity contribution in [3.05, 3.63) is 50.4 Å². The number of hydrogen-bond donors (Lipinski definition) is 2. The predicted octanol–water partition coefficient (Wildman–Crippen LogP) is 4.52. The summed E-state index contributed by atoms with van der Waals surface area (Å²) in [4.78, 5) is 9.95. The van der Waals surface area contributed by atoms with Gasteiger partial charge in [-0.3, -0.25) is 4.99 Å². The van der Waals surface area contributed by atoms with Crippen LogP contribution in [0.25, 0.3) is 0 Å². The van der Waals surface area contributed by atoms with Crippen molar-refractivity contribution >= 4 is 57.2 Å². The van der Waals surface area contributed by atoms with Gasteiger partial charge >= 0.3 is 0 Å². The average Bonchev–Trinajstić information content (AvgIpc) is 2.96. The zero-order valence-corrected chi connectivity index (χ0v) is 19.8. The van der Waals surface area contributed by atoms with Crippen LogP contribution < -0.4 is 10.6 Å². The molecule has 0 unspecified atom stereocenters. The monoisotopic (exact) mass is 536 g/mol. The van der Waals surface area contributed by atoms with E-state index in [1.165, 1.54) is 10.4 Å². The van der Waals surface area contributed by atoms with E-state index in [0.29, 0.717) is 0 Å². The van der Waals surface area contributed by atoms with Gasteiger partial charge in [-0.1, -0.05) is 48.0 Å². The summed E-state index contributed by atoms with van der Waals surface area (Å²) < 4.78 is 1.14. The van der Waals surface area contributed by atoms with Crippen LogP contribution in [0.15, 0.2) is 39.9 Å². The van der Waals surface area contributed by atoms with Crippen molar-refractivity contribution in [2.24, 2.45) is 4.99 Å². The topological polar surface area (TPSA) is 49.3 Å². The van der Waals surface area contributed by atoms with E-state index in [1.54, 1.807) is 18.4 Å². The Morgan fingerprint density at radius 3 is 2.60 bits per heavy atom. The van der Waals surface area contributed by atoms with Gasteiger partial charge in [0.2, 0.25) is 0 Å². The molecule has 4 nitrogen and oxygen atoms in total. The number of thiazole rings is 1. The van der Waals surface area contributed by atoms with Crippen LogP contribution in [0.1, 0.15) is 29.3 Å². The first kappa shape index (κ1) is 22.4. The summed E-state index contributed by atoms with van der Waals surface area (Å²) >= 11 is 5.39. The van der Waals surface area contributed by atoms with Gasteiger partial charge in [-0.05, 0) is 18.6 Å². The smallest absolute Gasteiger partial charge is 0.191 e. The molecule has 0 saturated heterocycles. The zero-order valence-electron chi connectivity index (χ0n) is 15.1. The second-order valence-corrected chi connectivity index (χ2v) is 8.50. The minimum atomic E-state index is -0.00979. The van der Waals surface area contributed by atoms with Gasteiger partial charge in [-0.25, -0.2) is 4.98 Å². The Labute approximate surface area is 180 Å². The highest BCUT2D eigenvalue weighted by Crippen LogP contribution is 2.29. The third kappa shape index (κ3) is 6.86. The number of hydrogen-bond acceptors (Lipinski definition) is 3. The fourth-order valence-electron chi connectivity index (χ4n) is 2.44. The first-order valence-electron chi connectivity index (χ1n) is 8.03. The van der Waals surface area contributed by atoms with E-state index < -0.39 is 0 Å². The highest BCUT2D eigenvalue weighted by atomic mass is 127. The lowest BCUT2D eigenvalue weighted by atomic mass is 9.84. The van der Waals surface area contributed by atoms with Crippen molar-refractivity contribution in [3.63, 3.8) is 0 Å². The predicted molar refractivity (Wildman–Crippen MR) is 123 cm³/mol. The molecule has 0 spiro atoms. The van der Waals surface area contributed by atoms with Crippen molar-refractivity contribution in [3.8, 4) is 0 Å². The molecular formula is C18H26BrIN4S. The molecule has 0 amide bonds. The molecule has 0 aliphatic carbocycles. The van der Waals surface area contributed by atoms with E-state index in [2.05, 4.69) is 75.5 Å². The Hall–Kier alpha value is -0.670. The van der Waals surface area contributed by atoms with Crippen LogP contribution in [0.5, 0.6) is 0 Å². The number of aryl methyl sites for hydroxylation is 1. The summed E-state index contributed by atoms with van der Waals surface area (Å²) in [6.07, 6.45) is 2.83. The molecule has 2 N–H and O–H groups in total. The molecule has 1 aromatic carbocycles. The highest BCUT2D eigenvalue weighted by Gasteiger charge is 2.23. The number of halogens is 2. The lowest BCUT2D eigenvalue weighted by Gasteiger charge is -2.27. The Balaban J connectivity index is 0.00000312. The van der Waals surface area contributed by atoms with Crippen molar-refractivity contribution < 1.29 is 0 Å². The number of rotatable bonds is 6. The first-order valence-corrected chi connectivity index (χ1v) is 9.64. The quantitative estimate of drug-likeness (QED) is 0.324. The van der Waals surface area contributed by atoms with Crippen molar-refractivity contribution in [1.29, 1.82) is 0 Å². The molecule has 0 bridgehead atoms. The molecule has 2 aromatic rings. The maximum atomic E-state index is 4.39. The van der Waals surface area contributed by atoms with Crippen LogP contribution >= 0.6 is 51.2 Å². The molecular weight excluding hydrogens is 511 g/mol.